The first kappa shape index (κ1) is 10.3. The first-order valence-corrected chi connectivity index (χ1v) is 5.30. The average Bonchev–Trinajstić information content (AvgIpc) is 2.20. The molecule has 0 atom stereocenters. The zero-order valence-electron chi connectivity index (χ0n) is 7.87. The summed E-state index contributed by atoms with van der Waals surface area (Å²) < 4.78 is 13.6. The molecular weight excluding hydrogens is 261 g/mol. The molecule has 2 rings (SSSR count). The molecule has 78 valence electrons. The van der Waals surface area contributed by atoms with E-state index in [0.29, 0.717) is 16.7 Å². The van der Waals surface area contributed by atoms with Crippen LogP contribution in [0.5, 0.6) is 0 Å². The van der Waals surface area contributed by atoms with E-state index in [0.717, 1.165) is 17.7 Å². The molecule has 0 saturated heterocycles. The van der Waals surface area contributed by atoms with Gasteiger partial charge in [0.15, 0.2) is 0 Å². The monoisotopic (exact) mass is 269 g/mol. The fourth-order valence-corrected chi connectivity index (χ4v) is 1.96. The van der Waals surface area contributed by atoms with Crippen LogP contribution in [0.1, 0.15) is 18.4 Å². The predicted molar refractivity (Wildman–Crippen MR) is 61.5 cm³/mol. The van der Waals surface area contributed by atoms with E-state index in [2.05, 4.69) is 26.1 Å². The highest BCUT2D eigenvalue weighted by Crippen LogP contribution is 2.21. The molecule has 1 aromatic rings. The summed E-state index contributed by atoms with van der Waals surface area (Å²) in [4.78, 5) is 0. The molecule has 15 heavy (non-hydrogen) atoms. The van der Waals surface area contributed by atoms with E-state index in [1.165, 1.54) is 12.1 Å². The van der Waals surface area contributed by atoms with Crippen LogP contribution in [0, 0.1) is 5.82 Å². The fourth-order valence-electron chi connectivity index (χ4n) is 1.38. The van der Waals surface area contributed by atoms with Crippen molar-refractivity contribution in [3.8, 4) is 0 Å². The summed E-state index contributed by atoms with van der Waals surface area (Å²) in [5.74, 6) is 0.266. The highest BCUT2D eigenvalue weighted by Gasteiger charge is 2.12. The summed E-state index contributed by atoms with van der Waals surface area (Å²) in [5, 5.41) is 7.82. The number of halogens is 2. The van der Waals surface area contributed by atoms with Crippen LogP contribution in [0.4, 0.5) is 4.39 Å². The van der Waals surface area contributed by atoms with Crippen molar-refractivity contribution in [2.45, 2.75) is 12.8 Å². The van der Waals surface area contributed by atoms with Crippen molar-refractivity contribution in [2.75, 3.05) is 0 Å². The quantitative estimate of drug-likeness (QED) is 0.837. The summed E-state index contributed by atoms with van der Waals surface area (Å²) in [6.45, 7) is 0. The normalized spacial score (nSPS) is 15.9. The van der Waals surface area contributed by atoms with Crippen molar-refractivity contribution in [2.24, 2.45) is 15.9 Å². The van der Waals surface area contributed by atoms with Crippen molar-refractivity contribution in [1.82, 2.24) is 0 Å². The van der Waals surface area contributed by atoms with Crippen LogP contribution in [0.25, 0.3) is 0 Å². The first-order valence-electron chi connectivity index (χ1n) is 4.51. The number of nitrogens with zero attached hydrogens (tertiary/aromatic N) is 2. The summed E-state index contributed by atoms with van der Waals surface area (Å²) in [6.07, 6.45) is 1.43. The molecule has 1 heterocycles. The first-order chi connectivity index (χ1) is 7.16. The van der Waals surface area contributed by atoms with Crippen LogP contribution in [-0.4, -0.2) is 11.5 Å². The zero-order chi connectivity index (χ0) is 10.8. The molecule has 0 unspecified atom stereocenters. The maximum Gasteiger partial charge on any atom is 0.124 e. The Balaban J connectivity index is 2.38. The second-order valence-corrected chi connectivity index (χ2v) is 4.12. The molecule has 5 heteroatoms. The molecule has 0 saturated carbocycles. The Labute approximate surface area is 95.0 Å². The van der Waals surface area contributed by atoms with Gasteiger partial charge < -0.3 is 5.73 Å². The van der Waals surface area contributed by atoms with Crippen LogP contribution < -0.4 is 5.73 Å². The van der Waals surface area contributed by atoms with Gasteiger partial charge in [-0.2, -0.15) is 5.10 Å². The number of nitrogens with two attached hydrogens (primary N) is 1. The van der Waals surface area contributed by atoms with Crippen LogP contribution >= 0.6 is 15.9 Å². The SMILES string of the molecule is NC1=NN=C(c2ccc(F)cc2Br)CC1. The lowest BCUT2D eigenvalue weighted by atomic mass is 10.0. The molecule has 0 fully saturated rings. The zero-order valence-corrected chi connectivity index (χ0v) is 9.46. The fraction of sp³-hybridized carbons (Fsp3) is 0.200. The minimum absolute atomic E-state index is 0.273. The molecule has 0 bridgehead atoms. The average molecular weight is 270 g/mol. The number of hydrogen-bond acceptors (Lipinski definition) is 3. The number of hydrogen-bond donors (Lipinski definition) is 1. The molecule has 2 N–H and O–H groups in total. The van der Waals surface area contributed by atoms with Crippen LogP contribution in [-0.2, 0) is 0 Å². The highest BCUT2D eigenvalue weighted by molar-refractivity contribution is 9.10. The van der Waals surface area contributed by atoms with Gasteiger partial charge in [0, 0.05) is 16.5 Å². The van der Waals surface area contributed by atoms with Crippen LogP contribution in [0.15, 0.2) is 32.9 Å². The van der Waals surface area contributed by atoms with Crippen molar-refractivity contribution >= 4 is 27.5 Å². The maximum atomic E-state index is 12.9. The van der Waals surface area contributed by atoms with Gasteiger partial charge in [-0.3, -0.25) is 0 Å². The standard InChI is InChI=1S/C10H9BrFN3/c11-8-5-6(12)1-2-7(8)9-3-4-10(13)15-14-9/h1-2,5H,3-4H2,(H2,13,15). The second-order valence-electron chi connectivity index (χ2n) is 3.26. The van der Waals surface area contributed by atoms with E-state index >= 15 is 0 Å². The summed E-state index contributed by atoms with van der Waals surface area (Å²) >= 11 is 3.30. The molecule has 0 aliphatic carbocycles. The third-order valence-corrected chi connectivity index (χ3v) is 2.82. The molecule has 3 nitrogen and oxygen atoms in total. The van der Waals surface area contributed by atoms with Crippen molar-refractivity contribution < 1.29 is 4.39 Å². The molecule has 0 spiro atoms. The van der Waals surface area contributed by atoms with Gasteiger partial charge in [-0.05, 0) is 24.6 Å². The summed E-state index contributed by atoms with van der Waals surface area (Å²) in [6, 6.07) is 4.51. The van der Waals surface area contributed by atoms with Gasteiger partial charge in [0.25, 0.3) is 0 Å². The third-order valence-electron chi connectivity index (χ3n) is 2.16. The van der Waals surface area contributed by atoms with Gasteiger partial charge in [-0.15, -0.1) is 5.10 Å². The lowest BCUT2D eigenvalue weighted by Crippen LogP contribution is -2.17. The van der Waals surface area contributed by atoms with Gasteiger partial charge >= 0.3 is 0 Å². The Morgan fingerprint density at radius 3 is 2.67 bits per heavy atom. The highest BCUT2D eigenvalue weighted by atomic mass is 79.9. The molecular formula is C10H9BrFN3. The molecule has 0 radical (unpaired) electrons. The summed E-state index contributed by atoms with van der Waals surface area (Å²) in [5.41, 5.74) is 7.21. The number of rotatable bonds is 1. The molecule has 1 aliphatic heterocycles. The maximum absolute atomic E-state index is 12.9. The smallest absolute Gasteiger partial charge is 0.124 e. The molecule has 1 aromatic carbocycles. The van der Waals surface area contributed by atoms with Crippen molar-refractivity contribution in [1.29, 1.82) is 0 Å². The van der Waals surface area contributed by atoms with E-state index in [4.69, 9.17) is 5.73 Å². The third kappa shape index (κ3) is 2.23. The minimum Gasteiger partial charge on any atom is -0.386 e. The lowest BCUT2D eigenvalue weighted by molar-refractivity contribution is 0.627. The Morgan fingerprint density at radius 2 is 2.07 bits per heavy atom. The van der Waals surface area contributed by atoms with Gasteiger partial charge in [0.1, 0.15) is 11.7 Å². The van der Waals surface area contributed by atoms with Crippen LogP contribution in [0.3, 0.4) is 0 Å². The number of amidine groups is 1. The van der Waals surface area contributed by atoms with Crippen molar-refractivity contribution in [3.63, 3.8) is 0 Å². The van der Waals surface area contributed by atoms with E-state index in [9.17, 15) is 4.39 Å². The molecule has 0 amide bonds. The topological polar surface area (TPSA) is 50.7 Å². The van der Waals surface area contributed by atoms with Gasteiger partial charge in [-0.1, -0.05) is 15.9 Å². The van der Waals surface area contributed by atoms with Gasteiger partial charge in [0.2, 0.25) is 0 Å². The molecule has 1 aliphatic rings. The van der Waals surface area contributed by atoms with E-state index in [1.807, 2.05) is 0 Å². The lowest BCUT2D eigenvalue weighted by Gasteiger charge is -2.10. The van der Waals surface area contributed by atoms with E-state index in [-0.39, 0.29) is 5.82 Å². The van der Waals surface area contributed by atoms with Crippen molar-refractivity contribution in [3.05, 3.63) is 34.1 Å². The number of benzene rings is 1. The largest absolute Gasteiger partial charge is 0.386 e. The Hall–Kier alpha value is -1.23. The van der Waals surface area contributed by atoms with E-state index < -0.39 is 0 Å². The molecule has 0 aromatic heterocycles. The minimum atomic E-state index is -0.273. The van der Waals surface area contributed by atoms with E-state index in [1.54, 1.807) is 6.07 Å². The van der Waals surface area contributed by atoms with Gasteiger partial charge in [-0.25, -0.2) is 4.39 Å². The summed E-state index contributed by atoms with van der Waals surface area (Å²) in [7, 11) is 0. The predicted octanol–water partition coefficient (Wildman–Crippen LogP) is 2.44. The van der Waals surface area contributed by atoms with Gasteiger partial charge in [0.05, 0.1) is 5.71 Å². The second kappa shape index (κ2) is 4.10. The Kier molecular flexibility index (Phi) is 2.81. The Bertz CT molecular complexity index is 454. The van der Waals surface area contributed by atoms with Crippen LogP contribution in [0.2, 0.25) is 0 Å². The Morgan fingerprint density at radius 1 is 1.27 bits per heavy atom.